The molecule has 1 aromatic carbocycles. The van der Waals surface area contributed by atoms with Gasteiger partial charge in [-0.3, -0.25) is 4.90 Å². The highest BCUT2D eigenvalue weighted by Crippen LogP contribution is 2.24. The molecule has 15 heavy (non-hydrogen) atoms. The number of alkyl halides is 1. The lowest BCUT2D eigenvalue weighted by atomic mass is 10.1. The van der Waals surface area contributed by atoms with Crippen molar-refractivity contribution >= 4 is 27.7 Å². The van der Waals surface area contributed by atoms with Gasteiger partial charge in [-0.1, -0.05) is 34.1 Å². The molecule has 0 aliphatic rings. The molecule has 0 spiro atoms. The summed E-state index contributed by atoms with van der Waals surface area (Å²) in [4.78, 5) is 12.5. The number of benzene rings is 1. The third-order valence-corrected chi connectivity index (χ3v) is 2.72. The summed E-state index contributed by atoms with van der Waals surface area (Å²) in [5.74, 6) is 0. The molecule has 4 heteroatoms. The van der Waals surface area contributed by atoms with Crippen molar-refractivity contribution in [3.63, 3.8) is 0 Å². The van der Waals surface area contributed by atoms with Crippen molar-refractivity contribution < 1.29 is 9.90 Å². The Morgan fingerprint density at radius 2 is 2.07 bits per heavy atom. The molecule has 82 valence electrons. The number of nitrogens with zero attached hydrogens (tertiary/aromatic N) is 1. The fourth-order valence-corrected chi connectivity index (χ4v) is 1.94. The van der Waals surface area contributed by atoms with E-state index in [1.54, 1.807) is 0 Å². The van der Waals surface area contributed by atoms with E-state index in [0.717, 1.165) is 11.3 Å². The number of carbonyl (C=O) groups is 1. The van der Waals surface area contributed by atoms with E-state index in [0.29, 0.717) is 5.33 Å². The van der Waals surface area contributed by atoms with E-state index in [4.69, 9.17) is 5.11 Å². The lowest BCUT2D eigenvalue weighted by molar-refractivity contribution is 0.200. The fourth-order valence-electron chi connectivity index (χ4n) is 1.46. The van der Waals surface area contributed by atoms with E-state index in [1.807, 2.05) is 38.1 Å². The molecule has 3 nitrogen and oxygen atoms in total. The van der Waals surface area contributed by atoms with Crippen LogP contribution in [0.5, 0.6) is 0 Å². The number of anilines is 1. The third kappa shape index (κ3) is 2.72. The van der Waals surface area contributed by atoms with Crippen LogP contribution in [-0.4, -0.2) is 17.2 Å². The number of carboxylic acid groups (broad SMARTS) is 1. The van der Waals surface area contributed by atoms with Crippen LogP contribution < -0.4 is 4.90 Å². The molecule has 0 bridgehead atoms. The highest BCUT2D eigenvalue weighted by molar-refractivity contribution is 9.08. The molecule has 0 saturated carbocycles. The summed E-state index contributed by atoms with van der Waals surface area (Å²) in [5, 5.41) is 9.78. The van der Waals surface area contributed by atoms with Crippen LogP contribution in [0.15, 0.2) is 24.3 Å². The molecule has 0 fully saturated rings. The summed E-state index contributed by atoms with van der Waals surface area (Å²) in [6.07, 6.45) is -0.918. The minimum absolute atomic E-state index is 0.0669. The summed E-state index contributed by atoms with van der Waals surface area (Å²) in [5.41, 5.74) is 1.73. The maximum absolute atomic E-state index is 11.1. The van der Waals surface area contributed by atoms with E-state index in [-0.39, 0.29) is 6.04 Å². The molecule has 0 atom stereocenters. The zero-order valence-electron chi connectivity index (χ0n) is 8.77. The fraction of sp³-hybridized carbons (Fsp3) is 0.364. The first-order valence-electron chi connectivity index (χ1n) is 4.74. The van der Waals surface area contributed by atoms with Crippen molar-refractivity contribution in [3.05, 3.63) is 29.8 Å². The van der Waals surface area contributed by atoms with Crippen LogP contribution in [0.25, 0.3) is 0 Å². The zero-order chi connectivity index (χ0) is 11.4. The lowest BCUT2D eigenvalue weighted by Crippen LogP contribution is -2.36. The number of amides is 1. The van der Waals surface area contributed by atoms with Crippen LogP contribution in [0.1, 0.15) is 19.4 Å². The Balaban J connectivity index is 3.16. The molecule has 0 aliphatic heterocycles. The van der Waals surface area contributed by atoms with Crippen LogP contribution in [0.2, 0.25) is 0 Å². The van der Waals surface area contributed by atoms with Gasteiger partial charge in [0, 0.05) is 11.4 Å². The molecular weight excluding hydrogens is 258 g/mol. The van der Waals surface area contributed by atoms with E-state index in [2.05, 4.69) is 15.9 Å². The maximum Gasteiger partial charge on any atom is 0.412 e. The maximum atomic E-state index is 11.1. The van der Waals surface area contributed by atoms with Gasteiger partial charge in [0.25, 0.3) is 0 Å². The van der Waals surface area contributed by atoms with Gasteiger partial charge in [-0.05, 0) is 25.5 Å². The minimum atomic E-state index is -0.918. The molecule has 0 aromatic heterocycles. The Kier molecular flexibility index (Phi) is 4.15. The van der Waals surface area contributed by atoms with Gasteiger partial charge in [0.15, 0.2) is 0 Å². The van der Waals surface area contributed by atoms with Gasteiger partial charge >= 0.3 is 6.09 Å². The lowest BCUT2D eigenvalue weighted by Gasteiger charge is -2.25. The van der Waals surface area contributed by atoms with Crippen LogP contribution >= 0.6 is 15.9 Å². The van der Waals surface area contributed by atoms with Gasteiger partial charge in [0.1, 0.15) is 0 Å². The van der Waals surface area contributed by atoms with Gasteiger partial charge in [-0.25, -0.2) is 4.79 Å². The smallest absolute Gasteiger partial charge is 0.412 e. The van der Waals surface area contributed by atoms with Crippen LogP contribution in [-0.2, 0) is 5.33 Å². The summed E-state index contributed by atoms with van der Waals surface area (Å²) in [6, 6.07) is 7.43. The molecule has 1 aromatic rings. The van der Waals surface area contributed by atoms with Crippen molar-refractivity contribution in [2.24, 2.45) is 0 Å². The predicted molar refractivity (Wildman–Crippen MR) is 64.7 cm³/mol. The van der Waals surface area contributed by atoms with Gasteiger partial charge in [0.05, 0.1) is 5.69 Å². The Bertz CT molecular complexity index is 352. The van der Waals surface area contributed by atoms with Crippen LogP contribution in [0.4, 0.5) is 10.5 Å². The summed E-state index contributed by atoms with van der Waals surface area (Å²) in [7, 11) is 0. The number of hydrogen-bond donors (Lipinski definition) is 1. The number of rotatable bonds is 3. The average molecular weight is 272 g/mol. The van der Waals surface area contributed by atoms with E-state index in [1.165, 1.54) is 4.90 Å². The van der Waals surface area contributed by atoms with Crippen LogP contribution in [0, 0.1) is 0 Å². The summed E-state index contributed by atoms with van der Waals surface area (Å²) < 4.78 is 0. The molecule has 0 aliphatic carbocycles. The predicted octanol–water partition coefficient (Wildman–Crippen LogP) is 3.47. The van der Waals surface area contributed by atoms with Gasteiger partial charge in [0.2, 0.25) is 0 Å². The largest absolute Gasteiger partial charge is 0.465 e. The first-order valence-corrected chi connectivity index (χ1v) is 5.86. The Morgan fingerprint density at radius 1 is 1.47 bits per heavy atom. The first-order chi connectivity index (χ1) is 7.07. The number of halogens is 1. The molecule has 1 rings (SSSR count). The molecule has 0 heterocycles. The topological polar surface area (TPSA) is 40.5 Å². The van der Waals surface area contributed by atoms with E-state index < -0.39 is 6.09 Å². The van der Waals surface area contributed by atoms with Crippen LogP contribution in [0.3, 0.4) is 0 Å². The Morgan fingerprint density at radius 3 is 2.53 bits per heavy atom. The monoisotopic (exact) mass is 271 g/mol. The zero-order valence-corrected chi connectivity index (χ0v) is 10.4. The molecule has 0 saturated heterocycles. The standard InChI is InChI=1S/C11H14BrNO2/c1-8(2)13(11(14)15)10-6-4-3-5-9(10)7-12/h3-6,8H,7H2,1-2H3,(H,14,15). The van der Waals surface area contributed by atoms with Crippen molar-refractivity contribution in [2.75, 3.05) is 4.90 Å². The normalized spacial score (nSPS) is 10.4. The quantitative estimate of drug-likeness (QED) is 0.856. The second kappa shape index (κ2) is 5.16. The molecule has 0 radical (unpaired) electrons. The first kappa shape index (κ1) is 12.0. The molecule has 1 N–H and O–H groups in total. The average Bonchev–Trinajstić information content (AvgIpc) is 2.17. The van der Waals surface area contributed by atoms with Crippen molar-refractivity contribution in [1.82, 2.24) is 0 Å². The Hall–Kier alpha value is -1.03. The number of hydrogen-bond acceptors (Lipinski definition) is 1. The van der Waals surface area contributed by atoms with E-state index >= 15 is 0 Å². The van der Waals surface area contributed by atoms with Gasteiger partial charge < -0.3 is 5.11 Å². The van der Waals surface area contributed by atoms with Crippen molar-refractivity contribution in [1.29, 1.82) is 0 Å². The SMILES string of the molecule is CC(C)N(C(=O)O)c1ccccc1CBr. The summed E-state index contributed by atoms with van der Waals surface area (Å²) in [6.45, 7) is 3.72. The van der Waals surface area contributed by atoms with E-state index in [9.17, 15) is 4.79 Å². The van der Waals surface area contributed by atoms with Crippen molar-refractivity contribution in [3.8, 4) is 0 Å². The highest BCUT2D eigenvalue weighted by Gasteiger charge is 2.19. The molecular formula is C11H14BrNO2. The molecule has 0 unspecified atom stereocenters. The van der Waals surface area contributed by atoms with Gasteiger partial charge in [-0.2, -0.15) is 0 Å². The third-order valence-electron chi connectivity index (χ3n) is 2.12. The highest BCUT2D eigenvalue weighted by atomic mass is 79.9. The Labute approximate surface area is 97.8 Å². The second-order valence-corrected chi connectivity index (χ2v) is 4.07. The van der Waals surface area contributed by atoms with Crippen molar-refractivity contribution in [2.45, 2.75) is 25.2 Å². The second-order valence-electron chi connectivity index (χ2n) is 3.51. The van der Waals surface area contributed by atoms with Gasteiger partial charge in [-0.15, -0.1) is 0 Å². The minimum Gasteiger partial charge on any atom is -0.465 e. The molecule has 1 amide bonds. The number of para-hydroxylation sites is 1. The summed E-state index contributed by atoms with van der Waals surface area (Å²) >= 11 is 3.36.